The van der Waals surface area contributed by atoms with E-state index in [2.05, 4.69) is 264 Å². The van der Waals surface area contributed by atoms with E-state index < -0.39 is 5.41 Å². The number of aromatic nitrogens is 2. The molecule has 0 bridgehead atoms. The van der Waals surface area contributed by atoms with Crippen molar-refractivity contribution in [3.05, 3.63) is 277 Å². The van der Waals surface area contributed by atoms with E-state index in [-0.39, 0.29) is 0 Å². The summed E-state index contributed by atoms with van der Waals surface area (Å²) in [5.74, 6) is 0. The van der Waals surface area contributed by atoms with Crippen LogP contribution in [0.4, 0.5) is 0 Å². The summed E-state index contributed by atoms with van der Waals surface area (Å²) in [7, 11) is 0. The van der Waals surface area contributed by atoms with Crippen molar-refractivity contribution in [1.29, 1.82) is 0 Å². The van der Waals surface area contributed by atoms with Gasteiger partial charge in [0, 0.05) is 32.9 Å². The van der Waals surface area contributed by atoms with Gasteiger partial charge in [0.2, 0.25) is 0 Å². The maximum atomic E-state index is 2.50. The maximum Gasteiger partial charge on any atom is 0.0725 e. The molecular weight excluding hydrogens is 833 g/mol. The standard InChI is InChI=1S/C67H42N2/c1-3-15-43(16-4-1)44-27-33-50(34-28-44)68-64-37-31-45(47-29-35-54-53-21-9-13-25-61(53)67(62(54)41-47)59-23-11-7-19-51(59)52-20-8-12-24-60(52)67)39-57(64)58-40-46(32-38-65(58)68)48-30-36-56-55-22-10-14-26-63(55)69(66(56)42-48)49-17-5-2-6-18-49/h1-42H. The molecule has 0 saturated carbocycles. The summed E-state index contributed by atoms with van der Waals surface area (Å²) in [4.78, 5) is 0. The summed E-state index contributed by atoms with van der Waals surface area (Å²) in [5.41, 5.74) is 24.6. The molecule has 15 rings (SSSR count). The van der Waals surface area contributed by atoms with E-state index in [1.807, 2.05) is 0 Å². The van der Waals surface area contributed by atoms with Gasteiger partial charge in [0.15, 0.2) is 0 Å². The van der Waals surface area contributed by atoms with E-state index in [4.69, 9.17) is 0 Å². The summed E-state index contributed by atoms with van der Waals surface area (Å²) in [6.45, 7) is 0. The summed E-state index contributed by atoms with van der Waals surface area (Å²) >= 11 is 0. The van der Waals surface area contributed by atoms with Gasteiger partial charge in [-0.15, -0.1) is 0 Å². The zero-order valence-electron chi connectivity index (χ0n) is 37.6. The second-order valence-corrected chi connectivity index (χ2v) is 18.8. The van der Waals surface area contributed by atoms with Crippen LogP contribution >= 0.6 is 0 Å². The molecule has 69 heavy (non-hydrogen) atoms. The fraction of sp³-hybridized carbons (Fsp3) is 0.0149. The fourth-order valence-corrected chi connectivity index (χ4v) is 12.4. The molecule has 2 nitrogen and oxygen atoms in total. The van der Waals surface area contributed by atoms with Gasteiger partial charge in [-0.1, -0.05) is 188 Å². The lowest BCUT2D eigenvalue weighted by Gasteiger charge is -2.30. The van der Waals surface area contributed by atoms with Gasteiger partial charge in [-0.05, 0) is 145 Å². The van der Waals surface area contributed by atoms with E-state index in [9.17, 15) is 0 Å². The Labute approximate surface area is 400 Å². The van der Waals surface area contributed by atoms with Gasteiger partial charge in [0.05, 0.1) is 27.5 Å². The molecule has 2 aliphatic carbocycles. The van der Waals surface area contributed by atoms with E-state index in [0.717, 1.165) is 11.4 Å². The van der Waals surface area contributed by atoms with Gasteiger partial charge in [0.1, 0.15) is 0 Å². The quantitative estimate of drug-likeness (QED) is 0.163. The number of rotatable bonds is 5. The molecule has 0 aliphatic heterocycles. The first-order valence-corrected chi connectivity index (χ1v) is 24.0. The molecule has 1 spiro atoms. The first-order valence-electron chi connectivity index (χ1n) is 24.0. The van der Waals surface area contributed by atoms with Crippen LogP contribution in [0.5, 0.6) is 0 Å². The lowest BCUT2D eigenvalue weighted by atomic mass is 9.70. The first-order chi connectivity index (χ1) is 34.2. The molecule has 2 aromatic heterocycles. The van der Waals surface area contributed by atoms with Crippen LogP contribution in [-0.4, -0.2) is 9.13 Å². The zero-order valence-corrected chi connectivity index (χ0v) is 37.6. The topological polar surface area (TPSA) is 9.86 Å². The van der Waals surface area contributed by atoms with Crippen LogP contribution in [-0.2, 0) is 5.41 Å². The molecule has 2 heterocycles. The largest absolute Gasteiger partial charge is 0.309 e. The van der Waals surface area contributed by atoms with Gasteiger partial charge in [-0.2, -0.15) is 0 Å². The highest BCUT2D eigenvalue weighted by Gasteiger charge is 2.51. The van der Waals surface area contributed by atoms with Crippen LogP contribution in [0.3, 0.4) is 0 Å². The van der Waals surface area contributed by atoms with Crippen LogP contribution in [0, 0.1) is 0 Å². The Balaban J connectivity index is 0.938. The summed E-state index contributed by atoms with van der Waals surface area (Å²) in [6, 6.07) is 94.8. The predicted molar refractivity (Wildman–Crippen MR) is 288 cm³/mol. The Morgan fingerprint density at radius 1 is 0.217 bits per heavy atom. The minimum atomic E-state index is -0.399. The molecule has 13 aromatic rings. The average molecular weight is 875 g/mol. The van der Waals surface area contributed by atoms with Crippen molar-refractivity contribution >= 4 is 43.6 Å². The van der Waals surface area contributed by atoms with E-state index >= 15 is 0 Å². The third-order valence-electron chi connectivity index (χ3n) is 15.3. The van der Waals surface area contributed by atoms with Crippen LogP contribution in [0.25, 0.3) is 111 Å². The van der Waals surface area contributed by atoms with Crippen molar-refractivity contribution in [3.63, 3.8) is 0 Å². The van der Waals surface area contributed by atoms with Gasteiger partial charge in [-0.25, -0.2) is 0 Å². The molecule has 0 fully saturated rings. The van der Waals surface area contributed by atoms with Crippen molar-refractivity contribution < 1.29 is 0 Å². The predicted octanol–water partition coefficient (Wildman–Crippen LogP) is 17.2. The third-order valence-corrected chi connectivity index (χ3v) is 15.3. The summed E-state index contributed by atoms with van der Waals surface area (Å²) in [6.07, 6.45) is 0. The van der Waals surface area contributed by atoms with Crippen LogP contribution < -0.4 is 0 Å². The molecule has 320 valence electrons. The van der Waals surface area contributed by atoms with Gasteiger partial charge >= 0.3 is 0 Å². The molecule has 11 aromatic carbocycles. The lowest BCUT2D eigenvalue weighted by molar-refractivity contribution is 0.794. The Bertz CT molecular complexity index is 4160. The van der Waals surface area contributed by atoms with Crippen molar-refractivity contribution in [3.8, 4) is 67.0 Å². The smallest absolute Gasteiger partial charge is 0.0725 e. The van der Waals surface area contributed by atoms with Gasteiger partial charge in [0.25, 0.3) is 0 Å². The molecule has 0 radical (unpaired) electrons. The van der Waals surface area contributed by atoms with Crippen LogP contribution in [0.1, 0.15) is 22.3 Å². The lowest BCUT2D eigenvalue weighted by Crippen LogP contribution is -2.25. The molecular formula is C67H42N2. The first kappa shape index (κ1) is 38.2. The molecule has 2 aliphatic rings. The Kier molecular flexibility index (Phi) is 8.02. The zero-order chi connectivity index (χ0) is 45.2. The summed E-state index contributed by atoms with van der Waals surface area (Å²) in [5, 5.41) is 4.97. The average Bonchev–Trinajstić information content (AvgIpc) is 4.13. The molecule has 0 unspecified atom stereocenters. The number of nitrogens with zero attached hydrogens (tertiary/aromatic N) is 2. The van der Waals surface area contributed by atoms with E-state index in [0.29, 0.717) is 0 Å². The number of hydrogen-bond acceptors (Lipinski definition) is 0. The Hall–Kier alpha value is -8.98. The second-order valence-electron chi connectivity index (χ2n) is 18.8. The molecule has 0 amide bonds. The normalized spacial score (nSPS) is 13.0. The van der Waals surface area contributed by atoms with E-state index in [1.54, 1.807) is 0 Å². The van der Waals surface area contributed by atoms with E-state index in [1.165, 1.54) is 122 Å². The Morgan fingerprint density at radius 3 is 1.26 bits per heavy atom. The minimum absolute atomic E-state index is 0.399. The number of hydrogen-bond donors (Lipinski definition) is 0. The minimum Gasteiger partial charge on any atom is -0.309 e. The maximum absolute atomic E-state index is 2.50. The second kappa shape index (κ2) is 14.5. The van der Waals surface area contributed by atoms with Gasteiger partial charge < -0.3 is 9.13 Å². The summed E-state index contributed by atoms with van der Waals surface area (Å²) < 4.78 is 4.86. The molecule has 2 heteroatoms. The molecule has 0 atom stereocenters. The number of benzene rings is 11. The highest BCUT2D eigenvalue weighted by Crippen LogP contribution is 2.63. The van der Waals surface area contributed by atoms with Crippen LogP contribution in [0.15, 0.2) is 255 Å². The fourth-order valence-electron chi connectivity index (χ4n) is 12.4. The highest BCUT2D eigenvalue weighted by atomic mass is 15.0. The number of para-hydroxylation sites is 2. The SMILES string of the molecule is c1ccc(-c2ccc(-n3c4ccc(-c5ccc6c(c5)C5(c7ccccc7-c7ccccc75)c5ccccc5-6)cc4c4cc(-c5ccc6c7ccccc7n(-c7ccccc7)c6c5)ccc43)cc2)cc1. The van der Waals surface area contributed by atoms with Crippen molar-refractivity contribution in [2.75, 3.05) is 0 Å². The van der Waals surface area contributed by atoms with Crippen molar-refractivity contribution in [2.45, 2.75) is 5.41 Å². The Morgan fingerprint density at radius 2 is 0.623 bits per heavy atom. The van der Waals surface area contributed by atoms with Crippen molar-refractivity contribution in [2.24, 2.45) is 0 Å². The highest BCUT2D eigenvalue weighted by molar-refractivity contribution is 6.13. The monoisotopic (exact) mass is 874 g/mol. The van der Waals surface area contributed by atoms with Crippen LogP contribution in [0.2, 0.25) is 0 Å². The van der Waals surface area contributed by atoms with Crippen molar-refractivity contribution in [1.82, 2.24) is 9.13 Å². The van der Waals surface area contributed by atoms with Gasteiger partial charge in [-0.3, -0.25) is 0 Å². The molecule has 0 N–H and O–H groups in total. The third kappa shape index (κ3) is 5.37. The number of fused-ring (bicyclic) bond motifs is 16. The molecule has 0 saturated heterocycles.